The number of ether oxygens (including phenoxy) is 3. The number of allylic oxidation sites excluding steroid dienone is 1. The monoisotopic (exact) mass is 420 g/mol. The van der Waals surface area contributed by atoms with E-state index in [9.17, 15) is 0 Å². The highest BCUT2D eigenvalue weighted by Gasteiger charge is 2.34. The zero-order chi connectivity index (χ0) is 16.0. The van der Waals surface area contributed by atoms with E-state index in [1.807, 2.05) is 19.1 Å². The maximum atomic E-state index is 5.71. The molecule has 0 radical (unpaired) electrons. The summed E-state index contributed by atoms with van der Waals surface area (Å²) in [5, 5.41) is 0.541. The Balaban J connectivity index is 3.23. The third-order valence-electron chi connectivity index (χ3n) is 3.41. The van der Waals surface area contributed by atoms with Crippen molar-refractivity contribution in [1.29, 1.82) is 0 Å². The minimum Gasteiger partial charge on any atom is -0.490 e. The normalized spacial score (nSPS) is 11.3. The zero-order valence-corrected chi connectivity index (χ0v) is 15.8. The van der Waals surface area contributed by atoms with Gasteiger partial charge in [0, 0.05) is 36.2 Å². The van der Waals surface area contributed by atoms with Crippen LogP contribution in [-0.2, 0) is 20.0 Å². The molecule has 1 rings (SSSR count). The molecule has 0 unspecified atom stereocenters. The molecule has 0 N–H and O–H groups in total. The molecule has 21 heavy (non-hydrogen) atoms. The summed E-state index contributed by atoms with van der Waals surface area (Å²) in [6, 6.07) is 6.15. The van der Waals surface area contributed by atoms with Gasteiger partial charge in [-0.25, -0.2) is 0 Å². The van der Waals surface area contributed by atoms with Gasteiger partial charge in [-0.05, 0) is 59.4 Å². The number of hydrogen-bond donors (Lipinski definition) is 0. The zero-order valence-electron chi connectivity index (χ0n) is 12.9. The van der Waals surface area contributed by atoms with Crippen LogP contribution in [0, 0.1) is 3.57 Å². The number of thiocarbonyl (C=S) groups is 1. The Bertz CT molecular complexity index is 524. The number of benzene rings is 1. The highest BCUT2D eigenvalue weighted by Crippen LogP contribution is 2.36. The second-order valence-corrected chi connectivity index (χ2v) is 6.33. The third kappa shape index (κ3) is 4.48. The standard InChI is InChI=1S/C16H21IO3S/c1-11(2)12-6-7-14(17)13(10-12)16(19-4,20-5)9-8-15(21)18-3/h6-7,10H,1,8-9H2,2-5H3. The average Bonchev–Trinajstić information content (AvgIpc) is 2.49. The summed E-state index contributed by atoms with van der Waals surface area (Å²) >= 11 is 7.40. The number of hydrogen-bond acceptors (Lipinski definition) is 4. The summed E-state index contributed by atoms with van der Waals surface area (Å²) in [5.41, 5.74) is 3.05. The SMILES string of the molecule is C=C(C)c1ccc(I)c(C(CCC(=S)OC)(OC)OC)c1. The van der Waals surface area contributed by atoms with Gasteiger partial charge in [-0.1, -0.05) is 18.2 Å². The van der Waals surface area contributed by atoms with E-state index in [0.717, 1.165) is 20.3 Å². The fraction of sp³-hybridized carbons (Fsp3) is 0.438. The van der Waals surface area contributed by atoms with Gasteiger partial charge in [-0.3, -0.25) is 0 Å². The third-order valence-corrected chi connectivity index (χ3v) is 4.73. The second kappa shape index (κ2) is 8.22. The van der Waals surface area contributed by atoms with Crippen LogP contribution < -0.4 is 0 Å². The molecule has 0 saturated carbocycles. The van der Waals surface area contributed by atoms with Crippen molar-refractivity contribution in [2.75, 3.05) is 21.3 Å². The topological polar surface area (TPSA) is 27.7 Å². The summed E-state index contributed by atoms with van der Waals surface area (Å²) in [7, 11) is 4.86. The van der Waals surface area contributed by atoms with E-state index in [2.05, 4.69) is 35.2 Å². The molecule has 0 saturated heterocycles. The largest absolute Gasteiger partial charge is 0.490 e. The molecule has 1 aromatic carbocycles. The van der Waals surface area contributed by atoms with E-state index < -0.39 is 5.79 Å². The minimum absolute atomic E-state index is 0.541. The Morgan fingerprint density at radius 1 is 1.29 bits per heavy atom. The first kappa shape index (κ1) is 18.5. The predicted octanol–water partition coefficient (Wildman–Crippen LogP) is 4.52. The van der Waals surface area contributed by atoms with Gasteiger partial charge >= 0.3 is 0 Å². The molecule has 1 aromatic rings. The van der Waals surface area contributed by atoms with Crippen LogP contribution in [0.4, 0.5) is 0 Å². The first-order valence-corrected chi connectivity index (χ1v) is 8.02. The lowest BCUT2D eigenvalue weighted by Gasteiger charge is -2.32. The van der Waals surface area contributed by atoms with Crippen LogP contribution in [0.3, 0.4) is 0 Å². The van der Waals surface area contributed by atoms with Crippen molar-refractivity contribution >= 4 is 45.4 Å². The fourth-order valence-corrected chi connectivity index (χ4v) is 2.94. The molecular formula is C16H21IO3S. The van der Waals surface area contributed by atoms with Crippen molar-refractivity contribution in [3.8, 4) is 0 Å². The minimum atomic E-state index is -0.843. The van der Waals surface area contributed by atoms with E-state index in [1.54, 1.807) is 21.3 Å². The summed E-state index contributed by atoms with van der Waals surface area (Å²) < 4.78 is 17.6. The number of methoxy groups -OCH3 is 3. The van der Waals surface area contributed by atoms with Crippen LogP contribution in [0.5, 0.6) is 0 Å². The molecule has 116 valence electrons. The quantitative estimate of drug-likeness (QED) is 0.368. The molecular weight excluding hydrogens is 399 g/mol. The van der Waals surface area contributed by atoms with Crippen LogP contribution in [0.1, 0.15) is 30.9 Å². The lowest BCUT2D eigenvalue weighted by atomic mass is 9.96. The van der Waals surface area contributed by atoms with Crippen LogP contribution >= 0.6 is 34.8 Å². The molecule has 0 aliphatic rings. The molecule has 0 heterocycles. The highest BCUT2D eigenvalue weighted by atomic mass is 127. The van der Waals surface area contributed by atoms with Gasteiger partial charge in [0.15, 0.2) is 10.8 Å². The van der Waals surface area contributed by atoms with Crippen LogP contribution in [0.2, 0.25) is 0 Å². The summed E-state index contributed by atoms with van der Waals surface area (Å²) in [6.45, 7) is 5.97. The van der Waals surface area contributed by atoms with Crippen molar-refractivity contribution in [3.05, 3.63) is 39.5 Å². The predicted molar refractivity (Wildman–Crippen MR) is 98.4 cm³/mol. The van der Waals surface area contributed by atoms with Crippen LogP contribution in [-0.4, -0.2) is 26.4 Å². The van der Waals surface area contributed by atoms with Gasteiger partial charge in [0.05, 0.1) is 7.11 Å². The Morgan fingerprint density at radius 2 is 1.90 bits per heavy atom. The van der Waals surface area contributed by atoms with Crippen LogP contribution in [0.15, 0.2) is 24.8 Å². The highest BCUT2D eigenvalue weighted by molar-refractivity contribution is 14.1. The smallest absolute Gasteiger partial charge is 0.195 e. The molecule has 0 aromatic heterocycles. The van der Waals surface area contributed by atoms with E-state index in [-0.39, 0.29) is 0 Å². The van der Waals surface area contributed by atoms with Crippen molar-refractivity contribution in [2.45, 2.75) is 25.6 Å². The molecule has 0 spiro atoms. The van der Waals surface area contributed by atoms with Crippen LogP contribution in [0.25, 0.3) is 5.57 Å². The van der Waals surface area contributed by atoms with E-state index >= 15 is 0 Å². The Kier molecular flexibility index (Phi) is 7.26. The maximum Gasteiger partial charge on any atom is 0.195 e. The Labute approximate surface area is 145 Å². The van der Waals surface area contributed by atoms with Gasteiger partial charge in [0.25, 0.3) is 0 Å². The summed E-state index contributed by atoms with van der Waals surface area (Å²) in [6.07, 6.45) is 1.17. The first-order chi connectivity index (χ1) is 9.90. The lowest BCUT2D eigenvalue weighted by molar-refractivity contribution is -0.219. The van der Waals surface area contributed by atoms with E-state index in [0.29, 0.717) is 17.9 Å². The van der Waals surface area contributed by atoms with Gasteiger partial charge < -0.3 is 14.2 Å². The number of rotatable bonds is 7. The van der Waals surface area contributed by atoms with Gasteiger partial charge in [0.1, 0.15) is 0 Å². The first-order valence-electron chi connectivity index (χ1n) is 6.53. The molecule has 0 atom stereocenters. The van der Waals surface area contributed by atoms with E-state index in [1.165, 1.54) is 0 Å². The molecule has 0 fully saturated rings. The van der Waals surface area contributed by atoms with Gasteiger partial charge in [0.2, 0.25) is 0 Å². The van der Waals surface area contributed by atoms with Crippen molar-refractivity contribution in [3.63, 3.8) is 0 Å². The maximum absolute atomic E-state index is 5.71. The summed E-state index contributed by atoms with van der Waals surface area (Å²) in [5.74, 6) is -0.843. The van der Waals surface area contributed by atoms with Crippen molar-refractivity contribution < 1.29 is 14.2 Å². The molecule has 0 aliphatic heterocycles. The molecule has 0 aliphatic carbocycles. The van der Waals surface area contributed by atoms with Crippen molar-refractivity contribution in [1.82, 2.24) is 0 Å². The van der Waals surface area contributed by atoms with Gasteiger partial charge in [-0.15, -0.1) is 0 Å². The summed E-state index contributed by atoms with van der Waals surface area (Å²) in [4.78, 5) is 0. The average molecular weight is 420 g/mol. The van der Waals surface area contributed by atoms with Gasteiger partial charge in [-0.2, -0.15) is 0 Å². The molecule has 0 amide bonds. The van der Waals surface area contributed by atoms with E-state index in [4.69, 9.17) is 26.4 Å². The fourth-order valence-electron chi connectivity index (χ4n) is 2.09. The second-order valence-electron chi connectivity index (χ2n) is 4.71. The Hall–Kier alpha value is -0.500. The molecule has 5 heteroatoms. The number of halogens is 1. The van der Waals surface area contributed by atoms with Crippen molar-refractivity contribution in [2.24, 2.45) is 0 Å². The molecule has 0 bridgehead atoms. The lowest BCUT2D eigenvalue weighted by Crippen LogP contribution is -2.32. The molecule has 3 nitrogen and oxygen atoms in total. The Morgan fingerprint density at radius 3 is 2.38 bits per heavy atom.